The van der Waals surface area contributed by atoms with Crippen LogP contribution in [0.5, 0.6) is 0 Å². The number of carbonyl (C=O) groups is 2. The second-order valence-corrected chi connectivity index (χ2v) is 5.34. The fourth-order valence-corrected chi connectivity index (χ4v) is 2.61. The topological polar surface area (TPSA) is 98.3 Å². The molecule has 1 fully saturated rings. The monoisotopic (exact) mass is 280 g/mol. The van der Waals surface area contributed by atoms with Crippen LogP contribution in [-0.4, -0.2) is 44.8 Å². The van der Waals surface area contributed by atoms with Gasteiger partial charge >= 0.3 is 12.0 Å². The minimum atomic E-state index is -0.779. The van der Waals surface area contributed by atoms with Crippen molar-refractivity contribution >= 4 is 17.7 Å². The zero-order chi connectivity index (χ0) is 14.9. The van der Waals surface area contributed by atoms with E-state index in [1.54, 1.807) is 4.90 Å². The van der Waals surface area contributed by atoms with Gasteiger partial charge in [0.25, 0.3) is 0 Å². The van der Waals surface area contributed by atoms with Crippen LogP contribution in [0.2, 0.25) is 0 Å². The molecule has 20 heavy (non-hydrogen) atoms. The maximum Gasteiger partial charge on any atom is 0.322 e. The lowest BCUT2D eigenvalue weighted by Crippen LogP contribution is -2.47. The molecule has 3 N–H and O–H groups in total. The Bertz CT molecular complexity index is 506. The zero-order valence-electron chi connectivity index (χ0n) is 11.9. The van der Waals surface area contributed by atoms with Gasteiger partial charge in [0, 0.05) is 12.6 Å². The van der Waals surface area contributed by atoms with Crippen LogP contribution in [0.4, 0.5) is 10.5 Å². The molecule has 0 saturated carbocycles. The van der Waals surface area contributed by atoms with E-state index in [1.807, 2.05) is 20.8 Å². The van der Waals surface area contributed by atoms with E-state index in [4.69, 9.17) is 5.11 Å². The van der Waals surface area contributed by atoms with Crippen LogP contribution < -0.4 is 5.32 Å². The molecular weight excluding hydrogens is 260 g/mol. The molecule has 0 spiro atoms. The van der Waals surface area contributed by atoms with Crippen LogP contribution in [0.1, 0.15) is 31.2 Å². The minimum Gasteiger partial charge on any atom is -0.481 e. The molecule has 1 aromatic rings. The second-order valence-electron chi connectivity index (χ2n) is 5.34. The Labute approximate surface area is 117 Å². The fraction of sp³-hybridized carbons (Fsp3) is 0.615. The average molecular weight is 280 g/mol. The summed E-state index contributed by atoms with van der Waals surface area (Å²) in [6.07, 6.45) is 0.989. The highest BCUT2D eigenvalue weighted by atomic mass is 16.4. The van der Waals surface area contributed by atoms with E-state index in [2.05, 4.69) is 15.5 Å². The highest BCUT2D eigenvalue weighted by molar-refractivity contribution is 5.91. The first-order valence-electron chi connectivity index (χ1n) is 6.72. The number of amides is 2. The molecule has 1 saturated heterocycles. The Morgan fingerprint density at radius 2 is 2.15 bits per heavy atom. The Balaban J connectivity index is 2.02. The van der Waals surface area contributed by atoms with Gasteiger partial charge in [0.05, 0.1) is 23.0 Å². The van der Waals surface area contributed by atoms with Gasteiger partial charge in [-0.1, -0.05) is 0 Å². The molecule has 0 aromatic carbocycles. The Hall–Kier alpha value is -2.05. The quantitative estimate of drug-likeness (QED) is 0.768. The van der Waals surface area contributed by atoms with Gasteiger partial charge in [-0.15, -0.1) is 0 Å². The van der Waals surface area contributed by atoms with E-state index in [9.17, 15) is 9.59 Å². The molecule has 0 aliphatic carbocycles. The molecule has 2 heterocycles. The molecule has 1 aromatic heterocycles. The van der Waals surface area contributed by atoms with Gasteiger partial charge in [-0.2, -0.15) is 5.10 Å². The standard InChI is InChI=1S/C13H20N4O3/c1-7-6-10(12(18)19)4-5-17(7)13(20)14-11-8(2)15-16-9(11)3/h7,10H,4-6H2,1-3H3,(H,14,20)(H,15,16)(H,18,19). The van der Waals surface area contributed by atoms with Crippen LogP contribution in [-0.2, 0) is 4.79 Å². The number of nitrogens with one attached hydrogen (secondary N) is 2. The first-order chi connectivity index (χ1) is 9.40. The minimum absolute atomic E-state index is 0.0858. The number of urea groups is 1. The number of rotatable bonds is 2. The van der Waals surface area contributed by atoms with Crippen LogP contribution in [0.15, 0.2) is 0 Å². The molecule has 0 bridgehead atoms. The largest absolute Gasteiger partial charge is 0.481 e. The van der Waals surface area contributed by atoms with E-state index < -0.39 is 5.97 Å². The number of carboxylic acid groups (broad SMARTS) is 1. The summed E-state index contributed by atoms with van der Waals surface area (Å²) < 4.78 is 0. The summed E-state index contributed by atoms with van der Waals surface area (Å²) in [5.74, 6) is -1.13. The summed E-state index contributed by atoms with van der Waals surface area (Å²) >= 11 is 0. The van der Waals surface area contributed by atoms with Crippen molar-refractivity contribution in [2.45, 2.75) is 39.7 Å². The van der Waals surface area contributed by atoms with Gasteiger partial charge in [0.15, 0.2) is 0 Å². The summed E-state index contributed by atoms with van der Waals surface area (Å²) in [4.78, 5) is 25.0. The normalized spacial score (nSPS) is 22.6. The summed E-state index contributed by atoms with van der Waals surface area (Å²) in [7, 11) is 0. The van der Waals surface area contributed by atoms with E-state index >= 15 is 0 Å². The molecule has 2 rings (SSSR count). The number of carbonyl (C=O) groups excluding carboxylic acids is 1. The van der Waals surface area contributed by atoms with E-state index in [1.165, 1.54) is 0 Å². The van der Waals surface area contributed by atoms with Crippen molar-refractivity contribution < 1.29 is 14.7 Å². The zero-order valence-corrected chi connectivity index (χ0v) is 11.9. The summed E-state index contributed by atoms with van der Waals surface area (Å²) in [5, 5.41) is 18.7. The van der Waals surface area contributed by atoms with E-state index in [-0.39, 0.29) is 18.0 Å². The number of aliphatic carboxylic acids is 1. The van der Waals surface area contributed by atoms with Gasteiger partial charge in [0.1, 0.15) is 0 Å². The molecule has 2 atom stereocenters. The van der Waals surface area contributed by atoms with Crippen molar-refractivity contribution in [2.24, 2.45) is 5.92 Å². The molecule has 110 valence electrons. The number of anilines is 1. The maximum atomic E-state index is 12.3. The SMILES string of the molecule is Cc1n[nH]c(C)c1NC(=O)N1CCC(C(=O)O)CC1C. The summed E-state index contributed by atoms with van der Waals surface area (Å²) in [6, 6.07) is -0.286. The fourth-order valence-electron chi connectivity index (χ4n) is 2.61. The average Bonchev–Trinajstić information content (AvgIpc) is 2.70. The lowest BCUT2D eigenvalue weighted by Gasteiger charge is -2.36. The molecule has 7 heteroatoms. The summed E-state index contributed by atoms with van der Waals surface area (Å²) in [6.45, 7) is 6.00. The number of aromatic nitrogens is 2. The second kappa shape index (κ2) is 5.52. The molecule has 7 nitrogen and oxygen atoms in total. The van der Waals surface area contributed by atoms with Crippen molar-refractivity contribution in [2.75, 3.05) is 11.9 Å². The van der Waals surface area contributed by atoms with E-state index in [0.29, 0.717) is 25.1 Å². The van der Waals surface area contributed by atoms with Crippen LogP contribution in [0, 0.1) is 19.8 Å². The third-order valence-electron chi connectivity index (χ3n) is 3.85. The highest BCUT2D eigenvalue weighted by Crippen LogP contribution is 2.24. The predicted octanol–water partition coefficient (Wildman–Crippen LogP) is 1.74. The number of aromatic amines is 1. The van der Waals surface area contributed by atoms with Gasteiger partial charge in [-0.3, -0.25) is 9.89 Å². The Morgan fingerprint density at radius 3 is 2.65 bits per heavy atom. The van der Waals surface area contributed by atoms with Gasteiger partial charge in [-0.25, -0.2) is 4.79 Å². The molecular formula is C13H20N4O3. The number of hydrogen-bond donors (Lipinski definition) is 3. The third kappa shape index (κ3) is 2.76. The van der Waals surface area contributed by atoms with Crippen molar-refractivity contribution in [3.8, 4) is 0 Å². The van der Waals surface area contributed by atoms with Crippen molar-refractivity contribution in [3.05, 3.63) is 11.4 Å². The Morgan fingerprint density at radius 1 is 1.45 bits per heavy atom. The highest BCUT2D eigenvalue weighted by Gasteiger charge is 2.32. The van der Waals surface area contributed by atoms with Crippen LogP contribution in [0.25, 0.3) is 0 Å². The molecule has 2 unspecified atom stereocenters. The number of aryl methyl sites for hydroxylation is 2. The number of hydrogen-bond acceptors (Lipinski definition) is 3. The van der Waals surface area contributed by atoms with Gasteiger partial charge < -0.3 is 15.3 Å². The number of carboxylic acids is 1. The smallest absolute Gasteiger partial charge is 0.322 e. The van der Waals surface area contributed by atoms with Gasteiger partial charge in [0.2, 0.25) is 0 Å². The number of likely N-dealkylation sites (tertiary alicyclic amines) is 1. The predicted molar refractivity (Wildman–Crippen MR) is 73.6 cm³/mol. The summed E-state index contributed by atoms with van der Waals surface area (Å²) in [5.41, 5.74) is 2.25. The third-order valence-corrected chi connectivity index (χ3v) is 3.85. The van der Waals surface area contributed by atoms with Crippen molar-refractivity contribution in [3.63, 3.8) is 0 Å². The molecule has 2 amide bonds. The number of piperidine rings is 1. The van der Waals surface area contributed by atoms with Crippen LogP contribution >= 0.6 is 0 Å². The molecule has 0 radical (unpaired) electrons. The lowest BCUT2D eigenvalue weighted by atomic mass is 9.92. The maximum absolute atomic E-state index is 12.3. The van der Waals surface area contributed by atoms with Crippen molar-refractivity contribution in [1.29, 1.82) is 0 Å². The first-order valence-corrected chi connectivity index (χ1v) is 6.72. The number of nitrogens with zero attached hydrogens (tertiary/aromatic N) is 2. The van der Waals surface area contributed by atoms with Crippen molar-refractivity contribution in [1.82, 2.24) is 15.1 Å². The Kier molecular flexibility index (Phi) is 3.96. The number of H-pyrrole nitrogens is 1. The first kappa shape index (κ1) is 14.4. The molecule has 1 aliphatic rings. The van der Waals surface area contributed by atoms with E-state index in [0.717, 1.165) is 11.4 Å². The van der Waals surface area contributed by atoms with Gasteiger partial charge in [-0.05, 0) is 33.6 Å². The molecule has 1 aliphatic heterocycles. The van der Waals surface area contributed by atoms with Crippen LogP contribution in [0.3, 0.4) is 0 Å². The lowest BCUT2D eigenvalue weighted by molar-refractivity contribution is -0.143.